The van der Waals surface area contributed by atoms with Gasteiger partial charge in [0.1, 0.15) is 11.8 Å². The summed E-state index contributed by atoms with van der Waals surface area (Å²) >= 11 is 1.74. The average Bonchev–Trinajstić information content (AvgIpc) is 3.21. The van der Waals surface area contributed by atoms with Gasteiger partial charge >= 0.3 is 0 Å². The molecule has 0 radical (unpaired) electrons. The van der Waals surface area contributed by atoms with Crippen LogP contribution in [0.25, 0.3) is 21.7 Å². The zero-order valence-corrected chi connectivity index (χ0v) is 13.0. The summed E-state index contributed by atoms with van der Waals surface area (Å²) in [6.45, 7) is 0.961. The van der Waals surface area contributed by atoms with Gasteiger partial charge in [-0.25, -0.2) is 0 Å². The Hall–Kier alpha value is -2.51. The fourth-order valence-electron chi connectivity index (χ4n) is 3.14. The molecule has 108 valence electrons. The minimum Gasteiger partial charge on any atom is -0.495 e. The Morgan fingerprint density at radius 3 is 2.91 bits per heavy atom. The van der Waals surface area contributed by atoms with Crippen LogP contribution in [0.5, 0.6) is 5.75 Å². The molecule has 0 atom stereocenters. The Bertz CT molecular complexity index is 885. The van der Waals surface area contributed by atoms with E-state index < -0.39 is 0 Å². The van der Waals surface area contributed by atoms with E-state index in [1.807, 2.05) is 12.1 Å². The van der Waals surface area contributed by atoms with Gasteiger partial charge in [0.05, 0.1) is 18.4 Å². The molecule has 1 aliphatic heterocycles. The second-order valence-electron chi connectivity index (χ2n) is 5.32. The average molecular weight is 306 g/mol. The van der Waals surface area contributed by atoms with Crippen molar-refractivity contribution in [2.24, 2.45) is 0 Å². The molecular formula is C18H14N2OS. The van der Waals surface area contributed by atoms with E-state index in [1.165, 1.54) is 21.7 Å². The minimum absolute atomic E-state index is 0.591. The predicted molar refractivity (Wildman–Crippen MR) is 88.2 cm³/mol. The van der Waals surface area contributed by atoms with Crippen LogP contribution in [0, 0.1) is 11.3 Å². The summed E-state index contributed by atoms with van der Waals surface area (Å²) in [6.07, 6.45) is 3.10. The maximum Gasteiger partial charge on any atom is 0.136 e. The summed E-state index contributed by atoms with van der Waals surface area (Å²) in [6, 6.07) is 12.6. The van der Waals surface area contributed by atoms with Crippen LogP contribution >= 0.6 is 11.3 Å². The number of fused-ring (bicyclic) bond motifs is 3. The van der Waals surface area contributed by atoms with Gasteiger partial charge in [0.25, 0.3) is 0 Å². The molecule has 0 fully saturated rings. The molecule has 3 aromatic rings. The molecule has 0 aliphatic carbocycles. The third-order valence-corrected chi connectivity index (χ3v) is 5.08. The predicted octanol–water partition coefficient (Wildman–Crippen LogP) is 4.32. The zero-order chi connectivity index (χ0) is 15.1. The van der Waals surface area contributed by atoms with Crippen molar-refractivity contribution in [3.63, 3.8) is 0 Å². The molecule has 0 spiro atoms. The summed E-state index contributed by atoms with van der Waals surface area (Å²) < 4.78 is 7.63. The lowest BCUT2D eigenvalue weighted by atomic mass is 9.93. The third kappa shape index (κ3) is 1.87. The SMILES string of the molecule is COc1cc2c(cc1C#N)-c1c(-c3cccs3)ccn1CC2. The monoisotopic (exact) mass is 306 g/mol. The maximum absolute atomic E-state index is 9.37. The van der Waals surface area contributed by atoms with Crippen molar-refractivity contribution in [1.82, 2.24) is 4.57 Å². The molecule has 22 heavy (non-hydrogen) atoms. The van der Waals surface area contributed by atoms with Gasteiger partial charge in [-0.3, -0.25) is 0 Å². The number of benzene rings is 1. The maximum atomic E-state index is 9.37. The number of thiophene rings is 1. The highest BCUT2D eigenvalue weighted by Crippen LogP contribution is 2.41. The number of nitriles is 1. The Morgan fingerprint density at radius 2 is 2.18 bits per heavy atom. The second-order valence-corrected chi connectivity index (χ2v) is 6.27. The summed E-state index contributed by atoms with van der Waals surface area (Å²) in [4.78, 5) is 1.26. The lowest BCUT2D eigenvalue weighted by molar-refractivity contribution is 0.412. The van der Waals surface area contributed by atoms with E-state index in [4.69, 9.17) is 4.74 Å². The Balaban J connectivity index is 1.97. The smallest absolute Gasteiger partial charge is 0.136 e. The van der Waals surface area contributed by atoms with E-state index in [0.717, 1.165) is 18.5 Å². The number of nitrogens with zero attached hydrogens (tertiary/aromatic N) is 2. The Kier molecular flexibility index (Phi) is 3.02. The van der Waals surface area contributed by atoms with E-state index in [-0.39, 0.29) is 0 Å². The standard InChI is InChI=1S/C18H14N2OS/c1-21-16-10-12-4-6-20-7-5-14(17-3-2-8-22-17)18(20)15(12)9-13(16)11-19/h2-3,5,7-10H,4,6H2,1H3. The first kappa shape index (κ1) is 13.2. The Morgan fingerprint density at radius 1 is 1.27 bits per heavy atom. The molecule has 0 unspecified atom stereocenters. The molecule has 2 aromatic heterocycles. The van der Waals surface area contributed by atoms with Crippen LogP contribution in [0.4, 0.5) is 0 Å². The first-order chi connectivity index (χ1) is 10.8. The van der Waals surface area contributed by atoms with E-state index in [0.29, 0.717) is 11.3 Å². The molecule has 0 amide bonds. The van der Waals surface area contributed by atoms with E-state index >= 15 is 0 Å². The van der Waals surface area contributed by atoms with Gasteiger partial charge in [0, 0.05) is 28.7 Å². The van der Waals surface area contributed by atoms with Crippen LogP contribution in [0.3, 0.4) is 0 Å². The van der Waals surface area contributed by atoms with Crippen LogP contribution in [0.15, 0.2) is 41.9 Å². The Labute approximate surface area is 133 Å². The topological polar surface area (TPSA) is 37.9 Å². The van der Waals surface area contributed by atoms with Crippen LogP contribution in [-0.2, 0) is 13.0 Å². The summed E-state index contributed by atoms with van der Waals surface area (Å²) in [5, 5.41) is 11.5. The number of ether oxygens (including phenoxy) is 1. The van der Waals surface area contributed by atoms with Gasteiger partial charge in [-0.1, -0.05) is 6.07 Å². The van der Waals surface area contributed by atoms with Gasteiger partial charge in [-0.2, -0.15) is 5.26 Å². The van der Waals surface area contributed by atoms with Crippen molar-refractivity contribution in [2.45, 2.75) is 13.0 Å². The normalized spacial score (nSPS) is 12.4. The highest BCUT2D eigenvalue weighted by Gasteiger charge is 2.22. The van der Waals surface area contributed by atoms with E-state index in [9.17, 15) is 5.26 Å². The minimum atomic E-state index is 0.591. The van der Waals surface area contributed by atoms with Gasteiger partial charge < -0.3 is 9.30 Å². The molecule has 3 heterocycles. The lowest BCUT2D eigenvalue weighted by Crippen LogP contribution is -2.10. The third-order valence-electron chi connectivity index (χ3n) is 4.17. The molecular weight excluding hydrogens is 292 g/mol. The summed E-state index contributed by atoms with van der Waals surface area (Å²) in [5.41, 5.74) is 5.44. The van der Waals surface area contributed by atoms with Crippen molar-refractivity contribution in [1.29, 1.82) is 5.26 Å². The summed E-state index contributed by atoms with van der Waals surface area (Å²) in [7, 11) is 1.62. The second kappa shape index (κ2) is 5.04. The van der Waals surface area contributed by atoms with Gasteiger partial charge in [0.2, 0.25) is 0 Å². The highest BCUT2D eigenvalue weighted by atomic mass is 32.1. The molecule has 3 nitrogen and oxygen atoms in total. The van der Waals surface area contributed by atoms with Crippen molar-refractivity contribution in [3.8, 4) is 33.5 Å². The van der Waals surface area contributed by atoms with Crippen molar-refractivity contribution in [3.05, 3.63) is 53.0 Å². The number of aryl methyl sites for hydroxylation is 2. The molecule has 0 N–H and O–H groups in total. The largest absolute Gasteiger partial charge is 0.495 e. The van der Waals surface area contributed by atoms with Crippen LogP contribution in [-0.4, -0.2) is 11.7 Å². The van der Waals surface area contributed by atoms with Gasteiger partial charge in [0.15, 0.2) is 0 Å². The first-order valence-electron chi connectivity index (χ1n) is 7.16. The quantitative estimate of drug-likeness (QED) is 0.707. The molecule has 4 heteroatoms. The fraction of sp³-hybridized carbons (Fsp3) is 0.167. The molecule has 4 rings (SSSR count). The van der Waals surface area contributed by atoms with Gasteiger partial charge in [-0.05, 0) is 41.6 Å². The number of hydrogen-bond acceptors (Lipinski definition) is 3. The number of rotatable bonds is 2. The first-order valence-corrected chi connectivity index (χ1v) is 8.04. The molecule has 1 aliphatic rings. The van der Waals surface area contributed by atoms with Crippen molar-refractivity contribution < 1.29 is 4.74 Å². The van der Waals surface area contributed by atoms with Crippen LogP contribution in [0.2, 0.25) is 0 Å². The molecule has 0 bridgehead atoms. The van der Waals surface area contributed by atoms with Crippen LogP contribution < -0.4 is 4.74 Å². The number of aromatic nitrogens is 1. The fourth-order valence-corrected chi connectivity index (χ4v) is 3.89. The van der Waals surface area contributed by atoms with E-state index in [1.54, 1.807) is 18.4 Å². The lowest BCUT2D eigenvalue weighted by Gasteiger charge is -2.22. The summed E-state index contributed by atoms with van der Waals surface area (Å²) in [5.74, 6) is 0.666. The van der Waals surface area contributed by atoms with Gasteiger partial charge in [-0.15, -0.1) is 11.3 Å². The van der Waals surface area contributed by atoms with E-state index in [2.05, 4.69) is 40.4 Å². The number of hydrogen-bond donors (Lipinski definition) is 0. The molecule has 0 saturated carbocycles. The molecule has 0 saturated heterocycles. The zero-order valence-electron chi connectivity index (χ0n) is 12.2. The van der Waals surface area contributed by atoms with Crippen molar-refractivity contribution >= 4 is 11.3 Å². The number of methoxy groups -OCH3 is 1. The highest BCUT2D eigenvalue weighted by molar-refractivity contribution is 7.13. The van der Waals surface area contributed by atoms with Crippen molar-refractivity contribution in [2.75, 3.05) is 7.11 Å². The van der Waals surface area contributed by atoms with Crippen LogP contribution in [0.1, 0.15) is 11.1 Å². The molecule has 1 aromatic carbocycles.